The molecule has 1 aliphatic heterocycles. The van der Waals surface area contributed by atoms with Crippen molar-refractivity contribution in [3.8, 4) is 0 Å². The van der Waals surface area contributed by atoms with E-state index >= 15 is 0 Å². The van der Waals surface area contributed by atoms with E-state index < -0.39 is 0 Å². The van der Waals surface area contributed by atoms with Crippen molar-refractivity contribution in [1.82, 2.24) is 9.80 Å². The molecule has 0 saturated carbocycles. The Morgan fingerprint density at radius 2 is 1.74 bits per heavy atom. The van der Waals surface area contributed by atoms with E-state index in [2.05, 4.69) is 49.2 Å². The fourth-order valence-corrected chi connectivity index (χ4v) is 3.86. The molecule has 148 valence electrons. The smallest absolute Gasteiger partial charge is 0.321 e. The summed E-state index contributed by atoms with van der Waals surface area (Å²) < 4.78 is 0. The quantitative estimate of drug-likeness (QED) is 0.756. The van der Waals surface area contributed by atoms with Gasteiger partial charge >= 0.3 is 6.03 Å². The molecule has 0 aromatic heterocycles. The maximum atomic E-state index is 12.5. The van der Waals surface area contributed by atoms with E-state index in [1.54, 1.807) is 5.57 Å². The summed E-state index contributed by atoms with van der Waals surface area (Å²) >= 11 is 0. The SMILES string of the molecule is CC(C)(C)c1ccc(NC(=O)N2CCN(CCC3=CCCCC3)CC2)cc1. The third-order valence-corrected chi connectivity index (χ3v) is 5.80. The molecule has 1 aromatic carbocycles. The molecule has 1 heterocycles. The van der Waals surface area contributed by atoms with Crippen LogP contribution in [-0.2, 0) is 5.41 Å². The van der Waals surface area contributed by atoms with Gasteiger partial charge in [0.05, 0.1) is 0 Å². The number of hydrogen-bond donors (Lipinski definition) is 1. The second-order valence-electron chi connectivity index (χ2n) is 8.94. The molecule has 3 rings (SSSR count). The number of hydrogen-bond acceptors (Lipinski definition) is 2. The van der Waals surface area contributed by atoms with Gasteiger partial charge in [0.25, 0.3) is 0 Å². The summed E-state index contributed by atoms with van der Waals surface area (Å²) in [4.78, 5) is 17.0. The van der Waals surface area contributed by atoms with Gasteiger partial charge in [0, 0.05) is 38.4 Å². The van der Waals surface area contributed by atoms with Crippen LogP contribution >= 0.6 is 0 Å². The number of piperazine rings is 1. The van der Waals surface area contributed by atoms with E-state index in [1.807, 2.05) is 17.0 Å². The Morgan fingerprint density at radius 3 is 2.33 bits per heavy atom. The third-order valence-electron chi connectivity index (χ3n) is 5.80. The second-order valence-corrected chi connectivity index (χ2v) is 8.94. The fourth-order valence-electron chi connectivity index (χ4n) is 3.86. The zero-order valence-corrected chi connectivity index (χ0v) is 17.3. The molecular formula is C23H35N3O. The summed E-state index contributed by atoms with van der Waals surface area (Å²) in [5.41, 5.74) is 3.92. The first-order chi connectivity index (χ1) is 12.9. The monoisotopic (exact) mass is 369 g/mol. The van der Waals surface area contributed by atoms with Gasteiger partial charge in [-0.3, -0.25) is 4.90 Å². The van der Waals surface area contributed by atoms with Crippen LogP contribution in [0.3, 0.4) is 0 Å². The van der Waals surface area contributed by atoms with Crippen LogP contribution in [-0.4, -0.2) is 48.6 Å². The molecule has 0 atom stereocenters. The summed E-state index contributed by atoms with van der Waals surface area (Å²) in [6.45, 7) is 11.3. The molecule has 0 bridgehead atoms. The topological polar surface area (TPSA) is 35.6 Å². The highest BCUT2D eigenvalue weighted by atomic mass is 16.2. The summed E-state index contributed by atoms with van der Waals surface area (Å²) in [5, 5.41) is 3.05. The van der Waals surface area contributed by atoms with Crippen molar-refractivity contribution < 1.29 is 4.79 Å². The van der Waals surface area contributed by atoms with Gasteiger partial charge in [-0.2, -0.15) is 0 Å². The number of allylic oxidation sites excluding steroid dienone is 1. The molecule has 2 aliphatic rings. The van der Waals surface area contributed by atoms with Gasteiger partial charge in [-0.15, -0.1) is 0 Å². The van der Waals surface area contributed by atoms with Gasteiger partial charge in [0.1, 0.15) is 0 Å². The highest BCUT2D eigenvalue weighted by Crippen LogP contribution is 2.24. The Kier molecular flexibility index (Phi) is 6.59. The first kappa shape index (κ1) is 19.9. The number of carbonyl (C=O) groups is 1. The van der Waals surface area contributed by atoms with E-state index in [-0.39, 0.29) is 11.4 Å². The average molecular weight is 370 g/mol. The summed E-state index contributed by atoms with van der Waals surface area (Å²) in [6, 6.07) is 8.24. The number of urea groups is 1. The van der Waals surface area contributed by atoms with Gasteiger partial charge in [0.15, 0.2) is 0 Å². The first-order valence-electron chi connectivity index (χ1n) is 10.5. The molecule has 1 N–H and O–H groups in total. The Labute approximate surface area is 164 Å². The van der Waals surface area contributed by atoms with Crippen molar-refractivity contribution >= 4 is 11.7 Å². The summed E-state index contributed by atoms with van der Waals surface area (Å²) in [7, 11) is 0. The largest absolute Gasteiger partial charge is 0.322 e. The second kappa shape index (κ2) is 8.92. The maximum Gasteiger partial charge on any atom is 0.321 e. The predicted molar refractivity (Wildman–Crippen MR) is 113 cm³/mol. The lowest BCUT2D eigenvalue weighted by Gasteiger charge is -2.35. The van der Waals surface area contributed by atoms with Crippen LogP contribution in [0.5, 0.6) is 0 Å². The van der Waals surface area contributed by atoms with Crippen LogP contribution in [0.2, 0.25) is 0 Å². The first-order valence-corrected chi connectivity index (χ1v) is 10.5. The van der Waals surface area contributed by atoms with Crippen molar-refractivity contribution in [1.29, 1.82) is 0 Å². The molecule has 1 saturated heterocycles. The molecule has 2 amide bonds. The lowest BCUT2D eigenvalue weighted by atomic mass is 9.87. The van der Waals surface area contributed by atoms with Crippen molar-refractivity contribution in [2.24, 2.45) is 0 Å². The van der Waals surface area contributed by atoms with Gasteiger partial charge in [-0.05, 0) is 55.2 Å². The Hall–Kier alpha value is -1.81. The molecule has 4 heteroatoms. The van der Waals surface area contributed by atoms with Crippen LogP contribution in [0.15, 0.2) is 35.9 Å². The minimum Gasteiger partial charge on any atom is -0.322 e. The van der Waals surface area contributed by atoms with Crippen LogP contribution in [0, 0.1) is 0 Å². The zero-order valence-electron chi connectivity index (χ0n) is 17.3. The standard InChI is InChI=1S/C23H35N3O/c1-23(2,3)20-9-11-21(12-10-20)24-22(27)26-17-15-25(16-18-26)14-13-19-7-5-4-6-8-19/h7,9-12H,4-6,8,13-18H2,1-3H3,(H,24,27). The van der Waals surface area contributed by atoms with Crippen LogP contribution in [0.1, 0.15) is 58.4 Å². The Balaban J connectivity index is 1.42. The fraction of sp³-hybridized carbons (Fsp3) is 0.609. The molecule has 1 fully saturated rings. The number of amides is 2. The Bertz CT molecular complexity index is 649. The molecule has 1 aromatic rings. The van der Waals surface area contributed by atoms with Gasteiger partial charge in [-0.1, -0.05) is 44.6 Å². The molecule has 4 nitrogen and oxygen atoms in total. The van der Waals surface area contributed by atoms with E-state index in [0.29, 0.717) is 0 Å². The number of nitrogens with zero attached hydrogens (tertiary/aromatic N) is 2. The molecular weight excluding hydrogens is 334 g/mol. The molecule has 1 aliphatic carbocycles. The highest BCUT2D eigenvalue weighted by molar-refractivity contribution is 5.89. The maximum absolute atomic E-state index is 12.5. The predicted octanol–water partition coefficient (Wildman–Crippen LogP) is 5.02. The molecule has 0 unspecified atom stereocenters. The molecule has 27 heavy (non-hydrogen) atoms. The normalized spacial score (nSPS) is 18.9. The molecule has 0 spiro atoms. The highest BCUT2D eigenvalue weighted by Gasteiger charge is 2.21. The Morgan fingerprint density at radius 1 is 1.04 bits per heavy atom. The number of anilines is 1. The number of carbonyl (C=O) groups excluding carboxylic acids is 1. The van der Waals surface area contributed by atoms with E-state index in [9.17, 15) is 4.79 Å². The zero-order chi connectivity index (χ0) is 19.3. The van der Waals surface area contributed by atoms with Crippen molar-refractivity contribution in [2.75, 3.05) is 38.0 Å². The van der Waals surface area contributed by atoms with Crippen LogP contribution in [0.4, 0.5) is 10.5 Å². The van der Waals surface area contributed by atoms with Crippen LogP contribution in [0.25, 0.3) is 0 Å². The average Bonchev–Trinajstić information content (AvgIpc) is 2.67. The number of benzene rings is 1. The summed E-state index contributed by atoms with van der Waals surface area (Å²) in [6.07, 6.45) is 8.91. The lowest BCUT2D eigenvalue weighted by Crippen LogP contribution is -2.50. The van der Waals surface area contributed by atoms with Gasteiger partial charge in [-0.25, -0.2) is 4.79 Å². The van der Waals surface area contributed by atoms with E-state index in [4.69, 9.17) is 0 Å². The van der Waals surface area contributed by atoms with Crippen molar-refractivity contribution in [3.63, 3.8) is 0 Å². The third kappa shape index (κ3) is 5.83. The molecule has 0 radical (unpaired) electrons. The van der Waals surface area contributed by atoms with Crippen molar-refractivity contribution in [3.05, 3.63) is 41.5 Å². The summed E-state index contributed by atoms with van der Waals surface area (Å²) in [5.74, 6) is 0. The number of rotatable bonds is 4. The minimum absolute atomic E-state index is 0.0214. The van der Waals surface area contributed by atoms with Gasteiger partial charge < -0.3 is 10.2 Å². The minimum atomic E-state index is 0.0214. The van der Waals surface area contributed by atoms with Crippen LogP contribution < -0.4 is 5.32 Å². The van der Waals surface area contributed by atoms with Gasteiger partial charge in [0.2, 0.25) is 0 Å². The number of nitrogens with one attached hydrogen (secondary N) is 1. The lowest BCUT2D eigenvalue weighted by molar-refractivity contribution is 0.148. The van der Waals surface area contributed by atoms with E-state index in [0.717, 1.165) is 38.4 Å². The van der Waals surface area contributed by atoms with E-state index in [1.165, 1.54) is 37.7 Å². The van der Waals surface area contributed by atoms with Crippen molar-refractivity contribution in [2.45, 2.75) is 58.3 Å².